The second-order valence-electron chi connectivity index (χ2n) is 14.3. The minimum absolute atomic E-state index is 0.0616. The van der Waals surface area contributed by atoms with Gasteiger partial charge in [-0.15, -0.1) is 13.2 Å². The molecular weight excluding hydrogens is 652 g/mol. The zero-order chi connectivity index (χ0) is 36.4. The van der Waals surface area contributed by atoms with Crippen molar-refractivity contribution in [2.45, 2.75) is 91.1 Å². The van der Waals surface area contributed by atoms with Gasteiger partial charge in [0.1, 0.15) is 11.6 Å². The van der Waals surface area contributed by atoms with E-state index in [0.29, 0.717) is 59.6 Å². The summed E-state index contributed by atoms with van der Waals surface area (Å²) in [6.45, 7) is 22.9. The van der Waals surface area contributed by atoms with Crippen LogP contribution >= 0.6 is 11.6 Å². The van der Waals surface area contributed by atoms with E-state index in [9.17, 15) is 9.90 Å². The van der Waals surface area contributed by atoms with Gasteiger partial charge in [-0.05, 0) is 90.6 Å². The van der Waals surface area contributed by atoms with Crippen LogP contribution in [0.25, 0.3) is 28.0 Å². The Labute approximate surface area is 300 Å². The van der Waals surface area contributed by atoms with E-state index in [-0.39, 0.29) is 11.7 Å². The summed E-state index contributed by atoms with van der Waals surface area (Å²) in [6.07, 6.45) is 4.49. The summed E-state index contributed by atoms with van der Waals surface area (Å²) in [5, 5.41) is 16.3. The fraction of sp³-hybridized carbons (Fsp3) is 0.425. The van der Waals surface area contributed by atoms with Gasteiger partial charge in [0.2, 0.25) is 0 Å². The lowest BCUT2D eigenvalue weighted by atomic mass is 9.92. The number of piperidine rings is 1. The fourth-order valence-corrected chi connectivity index (χ4v) is 6.66. The average molecular weight is 701 g/mol. The molecule has 0 amide bonds. The monoisotopic (exact) mass is 700 g/mol. The molecule has 0 bridgehead atoms. The van der Waals surface area contributed by atoms with Crippen molar-refractivity contribution in [3.63, 3.8) is 0 Å². The lowest BCUT2D eigenvalue weighted by Gasteiger charge is -2.41. The smallest absolute Gasteiger partial charge is 0.337 e. The normalized spacial score (nSPS) is 15.9. The molecule has 1 unspecified atom stereocenters. The zero-order valence-corrected chi connectivity index (χ0v) is 31.0. The Kier molecular flexibility index (Phi) is 11.1. The van der Waals surface area contributed by atoms with Crippen molar-refractivity contribution in [3.8, 4) is 28.1 Å². The maximum Gasteiger partial charge on any atom is 0.337 e. The Morgan fingerprint density at radius 2 is 1.80 bits per heavy atom. The first-order valence-electron chi connectivity index (χ1n) is 17.1. The first-order valence-corrected chi connectivity index (χ1v) is 17.5. The van der Waals surface area contributed by atoms with E-state index in [1.165, 1.54) is 0 Å². The second-order valence-corrected chi connectivity index (χ2v) is 14.7. The van der Waals surface area contributed by atoms with E-state index in [1.807, 2.05) is 84.0 Å². The van der Waals surface area contributed by atoms with E-state index in [2.05, 4.69) is 31.0 Å². The quantitative estimate of drug-likeness (QED) is 0.138. The van der Waals surface area contributed by atoms with Crippen LogP contribution in [0.3, 0.4) is 0 Å². The summed E-state index contributed by atoms with van der Waals surface area (Å²) in [6, 6.07) is 13.8. The predicted octanol–water partition coefficient (Wildman–Crippen LogP) is 9.18. The van der Waals surface area contributed by atoms with Gasteiger partial charge in [0.25, 0.3) is 0 Å². The molecule has 0 spiro atoms. The number of carboxylic acids is 1. The van der Waals surface area contributed by atoms with Gasteiger partial charge in [0, 0.05) is 47.4 Å². The van der Waals surface area contributed by atoms with Crippen molar-refractivity contribution in [1.82, 2.24) is 14.6 Å². The standard InChI is InChI=1S/C40H49ClN4O5/c1-10-13-25(3)49-32-17-16-30(41)26(4)34(32)29-15-12-14-28(23-29)31-24-33-42-27(5)35(36(38(46)47)50-39(6,7)8)37(45(33)43-31)44-20-18-40(9,19-21-44)48-22-11-2/h10-12,14-17,23-25,36H,1-2,13,18-22H2,3-9H3,(H,46,47)/t25-,36?/m0/s1. The van der Waals surface area contributed by atoms with Gasteiger partial charge < -0.3 is 24.2 Å². The predicted molar refractivity (Wildman–Crippen MR) is 200 cm³/mol. The van der Waals surface area contributed by atoms with Crippen molar-refractivity contribution < 1.29 is 24.1 Å². The van der Waals surface area contributed by atoms with Crippen molar-refractivity contribution >= 4 is 29.0 Å². The first kappa shape index (κ1) is 37.1. The Morgan fingerprint density at radius 1 is 1.10 bits per heavy atom. The molecule has 0 radical (unpaired) electrons. The minimum atomic E-state index is -1.25. The van der Waals surface area contributed by atoms with Crippen LogP contribution in [0.15, 0.2) is 67.8 Å². The number of hydrogen-bond acceptors (Lipinski definition) is 7. The molecule has 1 fully saturated rings. The molecule has 1 N–H and O–H groups in total. The Bertz CT molecular complexity index is 1890. The van der Waals surface area contributed by atoms with Crippen LogP contribution in [0.4, 0.5) is 5.82 Å². The van der Waals surface area contributed by atoms with E-state index < -0.39 is 17.7 Å². The molecule has 2 aromatic heterocycles. The summed E-state index contributed by atoms with van der Waals surface area (Å²) in [5.74, 6) is 0.319. The van der Waals surface area contributed by atoms with Crippen LogP contribution in [0.5, 0.6) is 5.75 Å². The molecule has 0 saturated carbocycles. The maximum absolute atomic E-state index is 12.8. The molecule has 10 heteroatoms. The number of aliphatic carboxylic acids is 1. The highest BCUT2D eigenvalue weighted by atomic mass is 35.5. The van der Waals surface area contributed by atoms with Gasteiger partial charge in [-0.2, -0.15) is 9.61 Å². The number of halogens is 1. The molecule has 50 heavy (non-hydrogen) atoms. The van der Waals surface area contributed by atoms with Crippen molar-refractivity contribution in [2.75, 3.05) is 24.6 Å². The highest BCUT2D eigenvalue weighted by molar-refractivity contribution is 6.31. The van der Waals surface area contributed by atoms with Gasteiger partial charge in [-0.3, -0.25) is 0 Å². The molecular formula is C40H49ClN4O5. The van der Waals surface area contributed by atoms with Crippen LogP contribution < -0.4 is 9.64 Å². The molecule has 3 heterocycles. The van der Waals surface area contributed by atoms with Gasteiger partial charge in [0.15, 0.2) is 11.8 Å². The number of carboxylic acid groups (broad SMARTS) is 1. The lowest BCUT2D eigenvalue weighted by Crippen LogP contribution is -2.45. The molecule has 0 aliphatic carbocycles. The van der Waals surface area contributed by atoms with Crippen molar-refractivity contribution in [2.24, 2.45) is 0 Å². The number of carbonyl (C=O) groups is 1. The number of aryl methyl sites for hydroxylation is 1. The Hall–Kier alpha value is -4.18. The Balaban J connectivity index is 1.65. The average Bonchev–Trinajstić information content (AvgIpc) is 3.48. The van der Waals surface area contributed by atoms with Crippen LogP contribution in [0.1, 0.15) is 76.8 Å². The number of nitrogens with zero attached hydrogens (tertiary/aromatic N) is 4. The van der Waals surface area contributed by atoms with E-state index in [4.69, 9.17) is 35.9 Å². The van der Waals surface area contributed by atoms with E-state index in [0.717, 1.165) is 40.8 Å². The third-order valence-corrected chi connectivity index (χ3v) is 9.48. The summed E-state index contributed by atoms with van der Waals surface area (Å²) < 4.78 is 20.5. The molecule has 2 aromatic carbocycles. The van der Waals surface area contributed by atoms with Gasteiger partial charge >= 0.3 is 5.97 Å². The second kappa shape index (κ2) is 15.0. The SMILES string of the molecule is C=CCOC1(C)CCN(c2c(C(OC(C)(C)C)C(=O)O)c(C)nc3cc(-c4cccc(-c5c(O[C@@H](C)CC=C)ccc(Cl)c5C)c4)nn23)CC1. The largest absolute Gasteiger partial charge is 0.490 e. The number of rotatable bonds is 13. The van der Waals surface area contributed by atoms with Crippen molar-refractivity contribution in [1.29, 1.82) is 0 Å². The molecule has 4 aromatic rings. The van der Waals surface area contributed by atoms with Crippen molar-refractivity contribution in [3.05, 3.63) is 89.6 Å². The molecule has 1 aliphatic heterocycles. The van der Waals surface area contributed by atoms with E-state index in [1.54, 1.807) is 10.6 Å². The van der Waals surface area contributed by atoms with Crippen LogP contribution in [0.2, 0.25) is 5.02 Å². The number of anilines is 1. The molecule has 5 rings (SSSR count). The first-order chi connectivity index (χ1) is 23.6. The maximum atomic E-state index is 12.8. The summed E-state index contributed by atoms with van der Waals surface area (Å²) in [4.78, 5) is 19.9. The number of hydrogen-bond donors (Lipinski definition) is 1. The number of fused-ring (bicyclic) bond motifs is 1. The fourth-order valence-electron chi connectivity index (χ4n) is 6.50. The summed E-state index contributed by atoms with van der Waals surface area (Å²) >= 11 is 6.63. The van der Waals surface area contributed by atoms with Gasteiger partial charge in [-0.25, -0.2) is 9.78 Å². The number of aromatic nitrogens is 3. The highest BCUT2D eigenvalue weighted by Gasteiger charge is 2.37. The molecule has 266 valence electrons. The summed E-state index contributed by atoms with van der Waals surface area (Å²) in [7, 11) is 0. The molecule has 1 saturated heterocycles. The zero-order valence-electron chi connectivity index (χ0n) is 30.3. The van der Waals surface area contributed by atoms with E-state index >= 15 is 0 Å². The molecule has 1 aliphatic rings. The minimum Gasteiger partial charge on any atom is -0.490 e. The van der Waals surface area contributed by atoms with Crippen LogP contribution in [-0.4, -0.2) is 62.7 Å². The van der Waals surface area contributed by atoms with Gasteiger partial charge in [-0.1, -0.05) is 42.0 Å². The Morgan fingerprint density at radius 3 is 2.44 bits per heavy atom. The highest BCUT2D eigenvalue weighted by Crippen LogP contribution is 2.41. The number of benzene rings is 2. The topological polar surface area (TPSA) is 98.4 Å². The third kappa shape index (κ3) is 8.06. The third-order valence-electron chi connectivity index (χ3n) is 9.07. The van der Waals surface area contributed by atoms with Crippen LogP contribution in [0, 0.1) is 13.8 Å². The molecule has 9 nitrogen and oxygen atoms in total. The number of ether oxygens (including phenoxy) is 3. The lowest BCUT2D eigenvalue weighted by molar-refractivity contribution is -0.160. The van der Waals surface area contributed by atoms with Crippen LogP contribution in [-0.2, 0) is 14.3 Å². The summed E-state index contributed by atoms with van der Waals surface area (Å²) in [5.41, 5.74) is 4.96. The van der Waals surface area contributed by atoms with Gasteiger partial charge in [0.05, 0.1) is 35.2 Å². The molecule has 2 atom stereocenters.